The van der Waals surface area contributed by atoms with E-state index in [0.717, 1.165) is 22.3 Å². The highest BCUT2D eigenvalue weighted by Crippen LogP contribution is 2.35. The van der Waals surface area contributed by atoms with Crippen LogP contribution in [0.5, 0.6) is 23.0 Å². The Bertz CT molecular complexity index is 2130. The molecule has 0 radical (unpaired) electrons. The lowest BCUT2D eigenvalue weighted by molar-refractivity contribution is -0.123. The Morgan fingerprint density at radius 1 is 0.920 bits per heavy atom. The number of amides is 3. The average molecular weight is 696 g/mol. The summed E-state index contributed by atoms with van der Waals surface area (Å²) in [7, 11) is 3.02. The maximum Gasteiger partial charge on any atom is 0.289 e. The number of benzene rings is 4. The molecule has 0 saturated carbocycles. The maximum atomic E-state index is 13.9. The zero-order chi connectivity index (χ0) is 34.9. The van der Waals surface area contributed by atoms with E-state index in [2.05, 4.69) is 10.6 Å². The van der Waals surface area contributed by atoms with E-state index in [1.54, 1.807) is 47.4 Å². The summed E-state index contributed by atoms with van der Waals surface area (Å²) in [6.45, 7) is 2.32. The topological polar surface area (TPSA) is 129 Å². The third kappa shape index (κ3) is 6.64. The van der Waals surface area contributed by atoms with E-state index in [-0.39, 0.29) is 49.7 Å². The Balaban J connectivity index is 1.24. The van der Waals surface area contributed by atoms with Crippen LogP contribution in [0.3, 0.4) is 0 Å². The standard InChI is InChI=1S/C38H34ClN3O8/c1-21-7-9-24-14-28(21)23-5-4-6-27(13-23)48-20-35(43)40-17-22-8-10-30(31(11-22)46-2)49-34-19-42(18-29(34)41-37(24)44)38(45)33-15-25-12-26(39)16-32(47-3)36(25)50-33/h4-16,29,34H,17-20H2,1-3H3,(H,40,43)(H,41,44)/t29-,34-/m0/s1. The summed E-state index contributed by atoms with van der Waals surface area (Å²) in [5, 5.41) is 7.06. The van der Waals surface area contributed by atoms with Crippen molar-refractivity contribution in [3.05, 3.63) is 106 Å². The van der Waals surface area contributed by atoms with Crippen molar-refractivity contribution in [1.82, 2.24) is 15.5 Å². The third-order valence-corrected chi connectivity index (χ3v) is 9.08. The van der Waals surface area contributed by atoms with Crippen LogP contribution in [0.15, 0.2) is 83.3 Å². The number of aryl methyl sites for hydroxylation is 1. The van der Waals surface area contributed by atoms with E-state index in [1.165, 1.54) is 14.2 Å². The summed E-state index contributed by atoms with van der Waals surface area (Å²) in [5.74, 6) is 0.875. The Morgan fingerprint density at radius 2 is 1.76 bits per heavy atom. The number of hydrogen-bond donors (Lipinski definition) is 2. The quantitative estimate of drug-likeness (QED) is 0.243. The summed E-state index contributed by atoms with van der Waals surface area (Å²) >= 11 is 6.25. The molecular formula is C38H34ClN3O8. The third-order valence-electron chi connectivity index (χ3n) is 8.86. The lowest BCUT2D eigenvalue weighted by Crippen LogP contribution is -2.45. The number of fused-ring (bicyclic) bond motifs is 8. The lowest BCUT2D eigenvalue weighted by atomic mass is 9.97. The van der Waals surface area contributed by atoms with Crippen LogP contribution in [0, 0.1) is 6.92 Å². The highest BCUT2D eigenvalue weighted by Gasteiger charge is 2.40. The van der Waals surface area contributed by atoms with E-state index in [4.69, 9.17) is 35.0 Å². The Hall–Kier alpha value is -5.68. The zero-order valence-corrected chi connectivity index (χ0v) is 28.3. The zero-order valence-electron chi connectivity index (χ0n) is 27.6. The summed E-state index contributed by atoms with van der Waals surface area (Å²) in [6, 6.07) is 22.5. The number of carbonyl (C=O) groups excluding carboxylic acids is 3. The first-order chi connectivity index (χ1) is 24.2. The molecule has 1 fully saturated rings. The Morgan fingerprint density at radius 3 is 2.58 bits per heavy atom. The second kappa shape index (κ2) is 13.7. The van der Waals surface area contributed by atoms with Crippen LogP contribution in [0.2, 0.25) is 5.02 Å². The Kier molecular flexibility index (Phi) is 8.98. The number of furan rings is 1. The summed E-state index contributed by atoms with van der Waals surface area (Å²) in [4.78, 5) is 42.0. The van der Waals surface area contributed by atoms with Gasteiger partial charge in [0.25, 0.3) is 17.7 Å². The minimum absolute atomic E-state index is 0.0991. The molecule has 2 atom stereocenters. The van der Waals surface area contributed by atoms with Crippen molar-refractivity contribution in [2.24, 2.45) is 0 Å². The van der Waals surface area contributed by atoms with Crippen molar-refractivity contribution in [3.8, 4) is 34.1 Å². The first kappa shape index (κ1) is 32.8. The molecule has 2 N–H and O–H groups in total. The largest absolute Gasteiger partial charge is 0.493 e. The minimum Gasteiger partial charge on any atom is -0.493 e. The summed E-state index contributed by atoms with van der Waals surface area (Å²) in [5.41, 5.74) is 4.23. The predicted octanol–water partition coefficient (Wildman–Crippen LogP) is 5.79. The maximum absolute atomic E-state index is 13.9. The van der Waals surface area contributed by atoms with Gasteiger partial charge in [0.05, 0.1) is 26.8 Å². The lowest BCUT2D eigenvalue weighted by Gasteiger charge is -2.23. The van der Waals surface area contributed by atoms with Crippen LogP contribution in [-0.4, -0.2) is 68.7 Å². The minimum atomic E-state index is -0.653. The number of rotatable bonds is 3. The highest BCUT2D eigenvalue weighted by molar-refractivity contribution is 6.31. The molecule has 3 aliphatic heterocycles. The van der Waals surface area contributed by atoms with Crippen LogP contribution < -0.4 is 29.6 Å². The van der Waals surface area contributed by atoms with Crippen molar-refractivity contribution in [1.29, 1.82) is 0 Å². The average Bonchev–Trinajstić information content (AvgIpc) is 3.73. The van der Waals surface area contributed by atoms with E-state index in [1.807, 2.05) is 43.3 Å². The number of methoxy groups -OCH3 is 2. The molecule has 256 valence electrons. The van der Waals surface area contributed by atoms with Gasteiger partial charge in [-0.25, -0.2) is 0 Å². The van der Waals surface area contributed by atoms with E-state index >= 15 is 0 Å². The monoisotopic (exact) mass is 695 g/mol. The van der Waals surface area contributed by atoms with Gasteiger partial charge in [0, 0.05) is 35.1 Å². The molecule has 3 aliphatic rings. The normalized spacial score (nSPS) is 17.6. The molecule has 50 heavy (non-hydrogen) atoms. The van der Waals surface area contributed by atoms with Gasteiger partial charge in [0.2, 0.25) is 0 Å². The molecule has 3 amide bonds. The second-order valence-electron chi connectivity index (χ2n) is 12.2. The van der Waals surface area contributed by atoms with Crippen molar-refractivity contribution in [3.63, 3.8) is 0 Å². The second-order valence-corrected chi connectivity index (χ2v) is 12.6. The van der Waals surface area contributed by atoms with Gasteiger partial charge in [-0.2, -0.15) is 0 Å². The Labute approximate surface area is 293 Å². The van der Waals surface area contributed by atoms with Crippen LogP contribution >= 0.6 is 11.6 Å². The first-order valence-corrected chi connectivity index (χ1v) is 16.4. The molecule has 11 nitrogen and oxygen atoms in total. The van der Waals surface area contributed by atoms with Crippen LogP contribution in [0.1, 0.15) is 32.0 Å². The molecule has 0 unspecified atom stereocenters. The molecule has 4 heterocycles. The smallest absolute Gasteiger partial charge is 0.289 e. The van der Waals surface area contributed by atoms with Gasteiger partial charge in [-0.3, -0.25) is 14.4 Å². The van der Waals surface area contributed by atoms with E-state index < -0.39 is 12.1 Å². The number of carbonyl (C=O) groups is 3. The first-order valence-electron chi connectivity index (χ1n) is 16.0. The van der Waals surface area contributed by atoms with E-state index in [9.17, 15) is 14.4 Å². The number of ether oxygens (including phenoxy) is 4. The molecular weight excluding hydrogens is 662 g/mol. The number of nitrogens with zero attached hydrogens (tertiary/aromatic N) is 1. The predicted molar refractivity (Wildman–Crippen MR) is 186 cm³/mol. The highest BCUT2D eigenvalue weighted by atomic mass is 35.5. The molecule has 12 heteroatoms. The van der Waals surface area contributed by atoms with Gasteiger partial charge in [-0.15, -0.1) is 0 Å². The number of nitrogens with one attached hydrogen (secondary N) is 2. The van der Waals surface area contributed by atoms with Gasteiger partial charge < -0.3 is 38.9 Å². The number of hydrogen-bond acceptors (Lipinski definition) is 8. The number of likely N-dealkylation sites (tertiary alicyclic amines) is 1. The molecule has 5 aromatic rings. The van der Waals surface area contributed by atoms with Gasteiger partial charge in [0.1, 0.15) is 11.9 Å². The fourth-order valence-electron chi connectivity index (χ4n) is 6.26. The van der Waals surface area contributed by atoms with Crippen molar-refractivity contribution < 1.29 is 37.7 Å². The SMILES string of the molecule is COc1cc2ccc1O[C@H]1CN(C(=O)c3cc4cc(Cl)cc(OC)c4o3)C[C@@H]1NC(=O)c1ccc(C)c(c1)-c1cccc(c1)OCC(=O)NC2. The van der Waals surface area contributed by atoms with Crippen molar-refractivity contribution in [2.75, 3.05) is 33.9 Å². The van der Waals surface area contributed by atoms with Gasteiger partial charge >= 0.3 is 0 Å². The molecule has 0 aliphatic carbocycles. The molecule has 8 rings (SSSR count). The van der Waals surface area contributed by atoms with Crippen molar-refractivity contribution >= 4 is 40.3 Å². The molecule has 0 spiro atoms. The molecule has 1 saturated heterocycles. The van der Waals surface area contributed by atoms with Gasteiger partial charge in [-0.1, -0.05) is 35.9 Å². The summed E-state index contributed by atoms with van der Waals surface area (Å²) in [6.07, 6.45) is -0.653. The summed E-state index contributed by atoms with van der Waals surface area (Å²) < 4.78 is 29.3. The molecule has 6 bridgehead atoms. The van der Waals surface area contributed by atoms with Crippen LogP contribution in [0.25, 0.3) is 22.1 Å². The van der Waals surface area contributed by atoms with Crippen molar-refractivity contribution in [2.45, 2.75) is 25.6 Å². The number of halogens is 1. The van der Waals surface area contributed by atoms with Gasteiger partial charge in [-0.05, 0) is 77.7 Å². The fraction of sp³-hybridized carbons (Fsp3) is 0.237. The molecule has 1 aromatic heterocycles. The molecule has 4 aromatic carbocycles. The van der Waals surface area contributed by atoms with Crippen LogP contribution in [-0.2, 0) is 11.3 Å². The van der Waals surface area contributed by atoms with E-state index in [0.29, 0.717) is 44.6 Å². The van der Waals surface area contributed by atoms with Crippen LogP contribution in [0.4, 0.5) is 0 Å². The fourth-order valence-corrected chi connectivity index (χ4v) is 6.48. The van der Waals surface area contributed by atoms with Gasteiger partial charge in [0.15, 0.2) is 35.2 Å².